The summed E-state index contributed by atoms with van der Waals surface area (Å²) in [6.45, 7) is 0. The van der Waals surface area contributed by atoms with Gasteiger partial charge in [-0.2, -0.15) is 5.26 Å². The van der Waals surface area contributed by atoms with E-state index in [1.807, 2.05) is 0 Å². The Morgan fingerprint density at radius 2 is 2.00 bits per heavy atom. The van der Waals surface area contributed by atoms with Crippen molar-refractivity contribution in [2.24, 2.45) is 0 Å². The van der Waals surface area contributed by atoms with Gasteiger partial charge in [0.25, 0.3) is 0 Å². The predicted octanol–water partition coefficient (Wildman–Crippen LogP) is 2.44. The molecule has 0 aliphatic heterocycles. The molecular weight excluding hydrogens is 263 g/mol. The molecule has 0 aliphatic rings. The Bertz CT molecular complexity index is 330. The summed E-state index contributed by atoms with van der Waals surface area (Å²) < 4.78 is 25.6. The molecule has 1 rings (SSSR count). The molecule has 0 amide bonds. The lowest BCUT2D eigenvalue weighted by Gasteiger charge is -1.96. The van der Waals surface area contributed by atoms with Gasteiger partial charge in [-0.1, -0.05) is 0 Å². The third kappa shape index (κ3) is 1.48. The smallest absolute Gasteiger partial charge is 0.157 e. The highest BCUT2D eigenvalue weighted by Gasteiger charge is 2.10. The first-order valence-corrected chi connectivity index (χ1v) is 3.78. The average molecular weight is 265 g/mol. The minimum atomic E-state index is -0.814. The molecular formula is C7H2F2IN. The second kappa shape index (κ2) is 3.13. The zero-order valence-corrected chi connectivity index (χ0v) is 7.39. The summed E-state index contributed by atoms with van der Waals surface area (Å²) in [5.41, 5.74) is -0.517. The van der Waals surface area contributed by atoms with Gasteiger partial charge in [0.05, 0.1) is 3.57 Å². The second-order valence-corrected chi connectivity index (χ2v) is 2.99. The number of hydrogen-bond donors (Lipinski definition) is 0. The number of benzene rings is 1. The Balaban J connectivity index is 3.44. The molecule has 0 saturated carbocycles. The summed E-state index contributed by atoms with van der Waals surface area (Å²) in [5, 5.41) is 8.29. The second-order valence-electron chi connectivity index (χ2n) is 1.83. The summed E-state index contributed by atoms with van der Waals surface area (Å²) >= 11 is 1.70. The van der Waals surface area contributed by atoms with Crippen LogP contribution in [-0.4, -0.2) is 0 Å². The zero-order chi connectivity index (χ0) is 8.43. The molecule has 1 aromatic rings. The van der Waals surface area contributed by atoms with Crippen LogP contribution in [0.25, 0.3) is 0 Å². The van der Waals surface area contributed by atoms with Gasteiger partial charge in [-0.3, -0.25) is 0 Å². The third-order valence-corrected chi connectivity index (χ3v) is 1.99. The van der Waals surface area contributed by atoms with Gasteiger partial charge >= 0.3 is 0 Å². The van der Waals surface area contributed by atoms with Crippen LogP contribution in [0.4, 0.5) is 8.78 Å². The Labute approximate surface area is 75.8 Å². The van der Waals surface area contributed by atoms with Crippen LogP contribution in [0.3, 0.4) is 0 Å². The van der Waals surface area contributed by atoms with Crippen molar-refractivity contribution in [2.75, 3.05) is 0 Å². The van der Waals surface area contributed by atoms with E-state index in [9.17, 15) is 8.78 Å². The first-order chi connectivity index (χ1) is 5.16. The molecule has 4 heteroatoms. The molecule has 0 saturated heterocycles. The quantitative estimate of drug-likeness (QED) is 0.522. The number of rotatable bonds is 0. The van der Waals surface area contributed by atoms with Crippen LogP contribution in [0, 0.1) is 26.5 Å². The Kier molecular flexibility index (Phi) is 2.39. The molecule has 0 spiro atoms. The van der Waals surface area contributed by atoms with Gasteiger partial charge in [0, 0.05) is 0 Å². The van der Waals surface area contributed by atoms with Crippen LogP contribution in [-0.2, 0) is 0 Å². The van der Waals surface area contributed by atoms with Gasteiger partial charge in [-0.25, -0.2) is 8.78 Å². The normalized spacial score (nSPS) is 9.27. The van der Waals surface area contributed by atoms with Crippen molar-refractivity contribution in [3.63, 3.8) is 0 Å². The maximum Gasteiger partial charge on any atom is 0.157 e. The number of nitriles is 1. The van der Waals surface area contributed by atoms with Gasteiger partial charge in [0.2, 0.25) is 0 Å². The van der Waals surface area contributed by atoms with Crippen molar-refractivity contribution in [3.8, 4) is 6.07 Å². The van der Waals surface area contributed by atoms with E-state index in [0.29, 0.717) is 0 Å². The van der Waals surface area contributed by atoms with E-state index in [4.69, 9.17) is 5.26 Å². The fourth-order valence-corrected chi connectivity index (χ4v) is 1.08. The molecule has 0 fully saturated rings. The Hall–Kier alpha value is -0.700. The van der Waals surface area contributed by atoms with Crippen LogP contribution in [0.1, 0.15) is 5.56 Å². The molecule has 0 heterocycles. The van der Waals surface area contributed by atoms with Gasteiger partial charge in [-0.05, 0) is 34.7 Å². The van der Waals surface area contributed by atoms with Crippen molar-refractivity contribution < 1.29 is 8.78 Å². The fourth-order valence-electron chi connectivity index (χ4n) is 0.630. The van der Waals surface area contributed by atoms with E-state index in [-0.39, 0.29) is 3.57 Å². The summed E-state index contributed by atoms with van der Waals surface area (Å²) in [7, 11) is 0. The average Bonchev–Trinajstić information content (AvgIpc) is 1.99. The number of hydrogen-bond acceptors (Lipinski definition) is 1. The predicted molar refractivity (Wildman–Crippen MR) is 43.8 cm³/mol. The van der Waals surface area contributed by atoms with E-state index in [1.165, 1.54) is 12.1 Å². The molecule has 11 heavy (non-hydrogen) atoms. The molecule has 0 N–H and O–H groups in total. The topological polar surface area (TPSA) is 23.8 Å². The highest BCUT2D eigenvalue weighted by atomic mass is 127. The van der Waals surface area contributed by atoms with Crippen molar-refractivity contribution in [1.29, 1.82) is 5.26 Å². The zero-order valence-electron chi connectivity index (χ0n) is 5.24. The lowest BCUT2D eigenvalue weighted by molar-refractivity contribution is 0.572. The van der Waals surface area contributed by atoms with E-state index in [1.54, 1.807) is 22.6 Å². The molecule has 0 aromatic heterocycles. The van der Waals surface area contributed by atoms with Gasteiger partial charge in [0.1, 0.15) is 17.4 Å². The Morgan fingerprint density at radius 1 is 1.36 bits per heavy atom. The van der Waals surface area contributed by atoms with Crippen LogP contribution < -0.4 is 0 Å². The highest BCUT2D eigenvalue weighted by molar-refractivity contribution is 14.1. The maximum absolute atomic E-state index is 12.8. The summed E-state index contributed by atoms with van der Waals surface area (Å²) in [5.74, 6) is -1.60. The molecule has 0 bridgehead atoms. The molecule has 56 valence electrons. The van der Waals surface area contributed by atoms with Crippen molar-refractivity contribution in [2.45, 2.75) is 0 Å². The van der Waals surface area contributed by atoms with Gasteiger partial charge in [-0.15, -0.1) is 0 Å². The van der Waals surface area contributed by atoms with E-state index < -0.39 is 17.2 Å². The largest absolute Gasteiger partial charge is 0.205 e. The lowest BCUT2D eigenvalue weighted by atomic mass is 10.2. The summed E-state index contributed by atoms with van der Waals surface area (Å²) in [4.78, 5) is 0. The van der Waals surface area contributed by atoms with Crippen LogP contribution in [0.2, 0.25) is 0 Å². The van der Waals surface area contributed by atoms with E-state index >= 15 is 0 Å². The summed E-state index contributed by atoms with van der Waals surface area (Å²) in [6, 6.07) is 3.81. The lowest BCUT2D eigenvalue weighted by Crippen LogP contribution is -1.92. The standard InChI is InChI=1S/C7H2F2IN/c8-5-1-2-6(10)7(9)4(5)3-11/h1-2H. The van der Waals surface area contributed by atoms with Crippen LogP contribution >= 0.6 is 22.6 Å². The molecule has 0 atom stereocenters. The van der Waals surface area contributed by atoms with Crippen LogP contribution in [0.15, 0.2) is 12.1 Å². The monoisotopic (exact) mass is 265 g/mol. The summed E-state index contributed by atoms with van der Waals surface area (Å²) in [6.07, 6.45) is 0. The van der Waals surface area contributed by atoms with E-state index in [0.717, 1.165) is 6.07 Å². The van der Waals surface area contributed by atoms with Crippen molar-refractivity contribution in [1.82, 2.24) is 0 Å². The fraction of sp³-hybridized carbons (Fsp3) is 0. The maximum atomic E-state index is 12.8. The molecule has 0 aliphatic carbocycles. The van der Waals surface area contributed by atoms with Crippen molar-refractivity contribution in [3.05, 3.63) is 32.9 Å². The number of halogens is 3. The first-order valence-electron chi connectivity index (χ1n) is 2.70. The SMILES string of the molecule is N#Cc1c(F)ccc(I)c1F. The van der Waals surface area contributed by atoms with Crippen molar-refractivity contribution >= 4 is 22.6 Å². The van der Waals surface area contributed by atoms with Gasteiger partial charge in [0.15, 0.2) is 5.82 Å². The number of nitrogens with zero attached hydrogens (tertiary/aromatic N) is 1. The Morgan fingerprint density at radius 3 is 2.45 bits per heavy atom. The molecule has 1 nitrogen and oxygen atoms in total. The first kappa shape index (κ1) is 8.40. The molecule has 0 radical (unpaired) electrons. The van der Waals surface area contributed by atoms with E-state index in [2.05, 4.69) is 0 Å². The third-order valence-electron chi connectivity index (χ3n) is 1.16. The van der Waals surface area contributed by atoms with Gasteiger partial charge < -0.3 is 0 Å². The highest BCUT2D eigenvalue weighted by Crippen LogP contribution is 2.16. The van der Waals surface area contributed by atoms with Crippen LogP contribution in [0.5, 0.6) is 0 Å². The minimum absolute atomic E-state index is 0.251. The molecule has 0 unspecified atom stereocenters. The minimum Gasteiger partial charge on any atom is -0.205 e. The molecule has 1 aromatic carbocycles.